The Morgan fingerprint density at radius 1 is 1.03 bits per heavy atom. The van der Waals surface area contributed by atoms with Gasteiger partial charge < -0.3 is 21.5 Å². The van der Waals surface area contributed by atoms with Gasteiger partial charge in [0.05, 0.1) is 6.04 Å². The van der Waals surface area contributed by atoms with Gasteiger partial charge in [0.2, 0.25) is 0 Å². The quantitative estimate of drug-likeness (QED) is 0.586. The van der Waals surface area contributed by atoms with Crippen LogP contribution in [0.4, 0.5) is 5.82 Å². The minimum absolute atomic E-state index is 0.214. The number of amides is 1. The smallest absolute Gasteiger partial charge is 0.254 e. The third-order valence-corrected chi connectivity index (χ3v) is 6.65. The summed E-state index contributed by atoms with van der Waals surface area (Å²) >= 11 is 0. The molecule has 1 aliphatic carbocycles. The lowest BCUT2D eigenvalue weighted by molar-refractivity contribution is 0.0242. The summed E-state index contributed by atoms with van der Waals surface area (Å²) in [7, 11) is 0. The Balaban J connectivity index is 1.40. The first-order valence-electron chi connectivity index (χ1n) is 10.8. The van der Waals surface area contributed by atoms with Gasteiger partial charge in [-0.2, -0.15) is 5.10 Å². The van der Waals surface area contributed by atoms with E-state index in [1.807, 2.05) is 59.3 Å². The lowest BCUT2D eigenvalue weighted by atomic mass is 9.60. The van der Waals surface area contributed by atoms with E-state index in [1.165, 1.54) is 12.8 Å². The molecule has 2 aliphatic rings. The largest absolute Gasteiger partial charge is 0.457 e. The number of piperidine rings is 1. The Labute approximate surface area is 181 Å². The summed E-state index contributed by atoms with van der Waals surface area (Å²) in [5.74, 6) is 1.27. The predicted molar refractivity (Wildman–Crippen MR) is 120 cm³/mol. The Hall–Kier alpha value is -3.32. The number of nitrogens with two attached hydrogens (primary N) is 2. The van der Waals surface area contributed by atoms with Gasteiger partial charge >= 0.3 is 0 Å². The molecule has 0 radical (unpaired) electrons. The lowest BCUT2D eigenvalue weighted by Crippen LogP contribution is -2.46. The first-order valence-corrected chi connectivity index (χ1v) is 10.8. The van der Waals surface area contributed by atoms with Crippen molar-refractivity contribution in [1.29, 1.82) is 0 Å². The van der Waals surface area contributed by atoms with Crippen molar-refractivity contribution in [3.8, 4) is 22.8 Å². The normalized spacial score (nSPS) is 17.9. The van der Waals surface area contributed by atoms with E-state index in [2.05, 4.69) is 5.32 Å². The molecule has 3 aromatic rings. The van der Waals surface area contributed by atoms with E-state index < -0.39 is 5.91 Å². The van der Waals surface area contributed by atoms with Gasteiger partial charge in [0, 0.05) is 5.56 Å². The highest BCUT2D eigenvalue weighted by Crippen LogP contribution is 2.54. The van der Waals surface area contributed by atoms with E-state index in [0.29, 0.717) is 28.2 Å². The van der Waals surface area contributed by atoms with E-state index in [4.69, 9.17) is 21.3 Å². The highest BCUT2D eigenvalue weighted by Gasteiger charge is 2.46. The monoisotopic (exact) mass is 417 g/mol. The Morgan fingerprint density at radius 2 is 1.68 bits per heavy atom. The number of nitrogens with zero attached hydrogens (tertiary/aromatic N) is 2. The average molecular weight is 418 g/mol. The molecule has 1 aromatic heterocycles. The summed E-state index contributed by atoms with van der Waals surface area (Å²) in [6, 6.07) is 17.3. The van der Waals surface area contributed by atoms with Crippen molar-refractivity contribution in [3.05, 3.63) is 60.2 Å². The molecular formula is C24H27N5O2. The zero-order valence-electron chi connectivity index (χ0n) is 17.4. The van der Waals surface area contributed by atoms with Crippen molar-refractivity contribution in [3.63, 3.8) is 0 Å². The van der Waals surface area contributed by atoms with Crippen LogP contribution in [0.25, 0.3) is 11.3 Å². The number of rotatable bonds is 5. The lowest BCUT2D eigenvalue weighted by Gasteiger charge is -2.50. The second-order valence-corrected chi connectivity index (χ2v) is 8.67. The van der Waals surface area contributed by atoms with Gasteiger partial charge in [-0.05, 0) is 80.6 Å². The van der Waals surface area contributed by atoms with Crippen LogP contribution >= 0.6 is 0 Å². The molecule has 5 rings (SSSR count). The number of hydrogen-bond acceptors (Lipinski definition) is 5. The molecular weight excluding hydrogens is 390 g/mol. The number of primary amides is 1. The molecule has 2 fully saturated rings. The van der Waals surface area contributed by atoms with Gasteiger partial charge in [0.15, 0.2) is 0 Å². The summed E-state index contributed by atoms with van der Waals surface area (Å²) in [5, 5.41) is 8.17. The number of ether oxygens (including phenoxy) is 1. The average Bonchev–Trinajstić information content (AvgIpc) is 3.11. The predicted octanol–water partition coefficient (Wildman–Crippen LogP) is 3.73. The van der Waals surface area contributed by atoms with Gasteiger partial charge in [-0.3, -0.25) is 4.79 Å². The van der Waals surface area contributed by atoms with Crippen molar-refractivity contribution in [2.24, 2.45) is 11.1 Å². The zero-order valence-corrected chi connectivity index (χ0v) is 17.4. The molecule has 7 nitrogen and oxygen atoms in total. The zero-order chi connectivity index (χ0) is 21.4. The van der Waals surface area contributed by atoms with E-state index in [-0.39, 0.29) is 6.04 Å². The van der Waals surface area contributed by atoms with Gasteiger partial charge in [0.1, 0.15) is 28.6 Å². The van der Waals surface area contributed by atoms with Crippen LogP contribution in [-0.4, -0.2) is 28.8 Å². The Morgan fingerprint density at radius 3 is 2.32 bits per heavy atom. The number of carbonyl (C=O) groups is 1. The van der Waals surface area contributed by atoms with Crippen LogP contribution in [0.5, 0.6) is 11.5 Å². The number of nitrogen functional groups attached to an aromatic ring is 1. The maximum absolute atomic E-state index is 12.2. The maximum Gasteiger partial charge on any atom is 0.254 e. The van der Waals surface area contributed by atoms with Crippen molar-refractivity contribution in [2.45, 2.75) is 31.7 Å². The van der Waals surface area contributed by atoms with Crippen molar-refractivity contribution < 1.29 is 9.53 Å². The molecule has 7 heteroatoms. The standard InChI is InChI=1S/C24H27N5O2/c25-22-20(23(26)30)21(28-29(22)17-14-24(15-17)10-12-27-13-11-24)16-6-8-19(9-7-16)31-18-4-2-1-3-5-18/h1-9,17,27H,10-15,25H2,(H2,26,30). The van der Waals surface area contributed by atoms with E-state index in [1.54, 1.807) is 0 Å². The Kier molecular flexibility index (Phi) is 4.90. The summed E-state index contributed by atoms with van der Waals surface area (Å²) in [6.07, 6.45) is 4.45. The van der Waals surface area contributed by atoms with Crippen LogP contribution in [0, 0.1) is 5.41 Å². The van der Waals surface area contributed by atoms with Crippen LogP contribution in [0.15, 0.2) is 54.6 Å². The number of nitrogens with one attached hydrogen (secondary N) is 1. The fourth-order valence-electron chi connectivity index (χ4n) is 4.95. The molecule has 0 atom stereocenters. The number of para-hydroxylation sites is 1. The number of hydrogen-bond donors (Lipinski definition) is 3. The molecule has 0 bridgehead atoms. The molecule has 1 saturated carbocycles. The van der Waals surface area contributed by atoms with E-state index >= 15 is 0 Å². The molecule has 1 aliphatic heterocycles. The molecule has 1 amide bonds. The van der Waals surface area contributed by atoms with E-state index in [9.17, 15) is 4.79 Å². The molecule has 1 saturated heterocycles. The highest BCUT2D eigenvalue weighted by molar-refractivity contribution is 6.03. The summed E-state index contributed by atoms with van der Waals surface area (Å²) < 4.78 is 7.67. The topological polar surface area (TPSA) is 108 Å². The Bertz CT molecular complexity index is 1080. The number of benzene rings is 2. The fourth-order valence-corrected chi connectivity index (χ4v) is 4.95. The molecule has 1 spiro atoms. The third-order valence-electron chi connectivity index (χ3n) is 6.65. The number of aromatic nitrogens is 2. The van der Waals surface area contributed by atoms with Gasteiger partial charge in [0.25, 0.3) is 5.91 Å². The van der Waals surface area contributed by atoms with Gasteiger partial charge in [-0.1, -0.05) is 18.2 Å². The van der Waals surface area contributed by atoms with E-state index in [0.717, 1.165) is 37.2 Å². The van der Waals surface area contributed by atoms with Crippen LogP contribution in [-0.2, 0) is 0 Å². The molecule has 2 heterocycles. The summed E-state index contributed by atoms with van der Waals surface area (Å²) in [5.41, 5.74) is 14.1. The van der Waals surface area contributed by atoms with Crippen LogP contribution in [0.3, 0.4) is 0 Å². The fraction of sp³-hybridized carbons (Fsp3) is 0.333. The number of anilines is 1. The first kappa shape index (κ1) is 19.6. The SMILES string of the molecule is NC(=O)c1c(-c2ccc(Oc3ccccc3)cc2)nn(C2CC3(CCNCC3)C2)c1N. The minimum atomic E-state index is -0.556. The molecule has 0 unspecified atom stereocenters. The van der Waals surface area contributed by atoms with Gasteiger partial charge in [-0.25, -0.2) is 4.68 Å². The highest BCUT2D eigenvalue weighted by atomic mass is 16.5. The van der Waals surface area contributed by atoms with Crippen LogP contribution < -0.4 is 21.5 Å². The van der Waals surface area contributed by atoms with Gasteiger partial charge in [-0.15, -0.1) is 0 Å². The van der Waals surface area contributed by atoms with Crippen molar-refractivity contribution in [1.82, 2.24) is 15.1 Å². The first-order chi connectivity index (χ1) is 15.0. The summed E-state index contributed by atoms with van der Waals surface area (Å²) in [6.45, 7) is 2.13. The van der Waals surface area contributed by atoms with Crippen molar-refractivity contribution in [2.75, 3.05) is 18.8 Å². The third kappa shape index (κ3) is 3.65. The molecule has 31 heavy (non-hydrogen) atoms. The van der Waals surface area contributed by atoms with Crippen LogP contribution in [0.2, 0.25) is 0 Å². The number of carbonyl (C=O) groups excluding carboxylic acids is 1. The maximum atomic E-state index is 12.2. The molecule has 160 valence electrons. The second kappa shape index (κ2) is 7.74. The molecule has 5 N–H and O–H groups in total. The second-order valence-electron chi connectivity index (χ2n) is 8.67. The molecule has 2 aromatic carbocycles. The summed E-state index contributed by atoms with van der Waals surface area (Å²) in [4.78, 5) is 12.2. The minimum Gasteiger partial charge on any atom is -0.457 e. The van der Waals surface area contributed by atoms with Crippen molar-refractivity contribution >= 4 is 11.7 Å². The van der Waals surface area contributed by atoms with Crippen LogP contribution in [0.1, 0.15) is 42.1 Å².